The van der Waals surface area contributed by atoms with Crippen LogP contribution < -0.4 is 10.1 Å². The fraction of sp³-hybridized carbons (Fsp3) is 0.294. The van der Waals surface area contributed by atoms with Gasteiger partial charge in [0, 0.05) is 12.2 Å². The normalized spacial score (nSPS) is 10.2. The summed E-state index contributed by atoms with van der Waals surface area (Å²) in [7, 11) is 0. The van der Waals surface area contributed by atoms with E-state index >= 15 is 0 Å². The van der Waals surface area contributed by atoms with Crippen molar-refractivity contribution in [2.75, 3.05) is 18.5 Å². The minimum absolute atomic E-state index is 0.712. The Labute approximate surface area is 115 Å². The third kappa shape index (κ3) is 4.66. The van der Waals surface area contributed by atoms with Crippen LogP contribution in [-0.2, 0) is 6.42 Å². The van der Waals surface area contributed by atoms with Gasteiger partial charge in [-0.15, -0.1) is 0 Å². The predicted molar refractivity (Wildman–Crippen MR) is 80.9 cm³/mol. The largest absolute Gasteiger partial charge is 0.494 e. The molecule has 100 valence electrons. The summed E-state index contributed by atoms with van der Waals surface area (Å²) in [6.45, 7) is 3.70. The highest BCUT2D eigenvalue weighted by atomic mass is 16.5. The number of hydrogen-bond donors (Lipinski definition) is 1. The van der Waals surface area contributed by atoms with E-state index < -0.39 is 0 Å². The molecular weight excluding hydrogens is 234 g/mol. The molecule has 2 aromatic carbocycles. The summed E-state index contributed by atoms with van der Waals surface area (Å²) in [6.07, 6.45) is 2.25. The van der Waals surface area contributed by atoms with Crippen molar-refractivity contribution in [2.45, 2.75) is 19.8 Å². The third-order valence-corrected chi connectivity index (χ3v) is 2.98. The summed E-state index contributed by atoms with van der Waals surface area (Å²) in [6, 6.07) is 18.7. The van der Waals surface area contributed by atoms with E-state index in [1.807, 2.05) is 19.1 Å². The van der Waals surface area contributed by atoms with Gasteiger partial charge in [0.1, 0.15) is 5.75 Å². The van der Waals surface area contributed by atoms with Crippen LogP contribution in [0.15, 0.2) is 54.6 Å². The van der Waals surface area contributed by atoms with Crippen LogP contribution in [0.25, 0.3) is 0 Å². The number of ether oxygens (including phenoxy) is 1. The standard InChI is InChI=1S/C17H21NO/c1-2-19-17-12-10-16(11-13-17)18-14-6-9-15-7-4-3-5-8-15/h3-5,7-8,10-13,18H,2,6,9,14H2,1H3. The van der Waals surface area contributed by atoms with Gasteiger partial charge in [-0.2, -0.15) is 0 Å². The van der Waals surface area contributed by atoms with Gasteiger partial charge in [0.15, 0.2) is 0 Å². The van der Waals surface area contributed by atoms with Crippen molar-refractivity contribution in [3.63, 3.8) is 0 Å². The lowest BCUT2D eigenvalue weighted by molar-refractivity contribution is 0.340. The highest BCUT2D eigenvalue weighted by Crippen LogP contribution is 2.15. The number of aryl methyl sites for hydroxylation is 1. The lowest BCUT2D eigenvalue weighted by Crippen LogP contribution is -2.02. The number of nitrogens with one attached hydrogen (secondary N) is 1. The van der Waals surface area contributed by atoms with Crippen LogP contribution in [0.5, 0.6) is 5.75 Å². The SMILES string of the molecule is CCOc1ccc(NCCCc2ccccc2)cc1. The molecule has 0 aliphatic rings. The van der Waals surface area contributed by atoms with Crippen LogP contribution in [0, 0.1) is 0 Å². The Morgan fingerprint density at radius 1 is 0.947 bits per heavy atom. The number of benzene rings is 2. The van der Waals surface area contributed by atoms with Crippen LogP contribution in [0.2, 0.25) is 0 Å². The molecule has 0 aromatic heterocycles. The Kier molecular flexibility index (Phi) is 5.30. The Bertz CT molecular complexity index is 464. The van der Waals surface area contributed by atoms with E-state index in [0.29, 0.717) is 6.61 Å². The molecule has 0 aliphatic heterocycles. The van der Waals surface area contributed by atoms with Gasteiger partial charge in [0.25, 0.3) is 0 Å². The van der Waals surface area contributed by atoms with E-state index in [2.05, 4.69) is 47.8 Å². The first kappa shape index (κ1) is 13.5. The monoisotopic (exact) mass is 255 g/mol. The smallest absolute Gasteiger partial charge is 0.119 e. The minimum atomic E-state index is 0.712. The first-order chi connectivity index (χ1) is 9.38. The summed E-state index contributed by atoms with van der Waals surface area (Å²) < 4.78 is 5.42. The minimum Gasteiger partial charge on any atom is -0.494 e. The van der Waals surface area contributed by atoms with Crippen molar-refractivity contribution in [1.82, 2.24) is 0 Å². The van der Waals surface area contributed by atoms with Gasteiger partial charge in [0.05, 0.1) is 6.61 Å². The van der Waals surface area contributed by atoms with Crippen molar-refractivity contribution in [1.29, 1.82) is 0 Å². The molecule has 19 heavy (non-hydrogen) atoms. The average molecular weight is 255 g/mol. The van der Waals surface area contributed by atoms with Crippen molar-refractivity contribution < 1.29 is 4.74 Å². The van der Waals surface area contributed by atoms with Gasteiger partial charge in [-0.05, 0) is 49.6 Å². The average Bonchev–Trinajstić information content (AvgIpc) is 2.47. The van der Waals surface area contributed by atoms with Crippen molar-refractivity contribution in [3.05, 3.63) is 60.2 Å². The van der Waals surface area contributed by atoms with E-state index in [9.17, 15) is 0 Å². The first-order valence-corrected chi connectivity index (χ1v) is 6.89. The quantitative estimate of drug-likeness (QED) is 0.751. The Hall–Kier alpha value is -1.96. The maximum absolute atomic E-state index is 5.42. The fourth-order valence-corrected chi connectivity index (χ4v) is 2.01. The Balaban J connectivity index is 1.70. The molecule has 2 heteroatoms. The molecule has 0 radical (unpaired) electrons. The zero-order chi connectivity index (χ0) is 13.3. The molecule has 2 rings (SSSR count). The number of hydrogen-bond acceptors (Lipinski definition) is 2. The highest BCUT2D eigenvalue weighted by Gasteiger charge is 1.95. The van der Waals surface area contributed by atoms with Gasteiger partial charge < -0.3 is 10.1 Å². The van der Waals surface area contributed by atoms with Crippen LogP contribution >= 0.6 is 0 Å². The second-order valence-corrected chi connectivity index (χ2v) is 4.47. The van der Waals surface area contributed by atoms with Gasteiger partial charge in [-0.25, -0.2) is 0 Å². The molecule has 2 aromatic rings. The summed E-state index contributed by atoms with van der Waals surface area (Å²) >= 11 is 0. The molecule has 0 amide bonds. The summed E-state index contributed by atoms with van der Waals surface area (Å²) in [4.78, 5) is 0. The molecule has 0 spiro atoms. The van der Waals surface area contributed by atoms with Crippen LogP contribution in [0.3, 0.4) is 0 Å². The molecule has 2 nitrogen and oxygen atoms in total. The van der Waals surface area contributed by atoms with Crippen LogP contribution in [0.1, 0.15) is 18.9 Å². The highest BCUT2D eigenvalue weighted by molar-refractivity contribution is 5.46. The lowest BCUT2D eigenvalue weighted by atomic mass is 10.1. The van der Waals surface area contributed by atoms with E-state index in [1.165, 1.54) is 5.56 Å². The van der Waals surface area contributed by atoms with Gasteiger partial charge >= 0.3 is 0 Å². The molecule has 0 fully saturated rings. The molecule has 0 saturated carbocycles. The van der Waals surface area contributed by atoms with E-state index in [1.54, 1.807) is 0 Å². The summed E-state index contributed by atoms with van der Waals surface area (Å²) in [5.74, 6) is 0.928. The lowest BCUT2D eigenvalue weighted by Gasteiger charge is -2.08. The van der Waals surface area contributed by atoms with Gasteiger partial charge in [0.2, 0.25) is 0 Å². The zero-order valence-electron chi connectivity index (χ0n) is 11.4. The first-order valence-electron chi connectivity index (χ1n) is 6.89. The van der Waals surface area contributed by atoms with E-state index in [-0.39, 0.29) is 0 Å². The Morgan fingerprint density at radius 3 is 2.37 bits per heavy atom. The van der Waals surface area contributed by atoms with Gasteiger partial charge in [-0.3, -0.25) is 0 Å². The molecule has 0 atom stereocenters. The fourth-order valence-electron chi connectivity index (χ4n) is 2.01. The molecular formula is C17H21NO. The van der Waals surface area contributed by atoms with Crippen molar-refractivity contribution in [3.8, 4) is 5.75 Å². The van der Waals surface area contributed by atoms with Crippen molar-refractivity contribution in [2.24, 2.45) is 0 Å². The Morgan fingerprint density at radius 2 is 1.68 bits per heavy atom. The van der Waals surface area contributed by atoms with E-state index in [0.717, 1.165) is 30.8 Å². The maximum atomic E-state index is 5.42. The molecule has 0 unspecified atom stereocenters. The molecule has 0 heterocycles. The molecule has 1 N–H and O–H groups in total. The predicted octanol–water partition coefficient (Wildman–Crippen LogP) is 4.13. The van der Waals surface area contributed by atoms with E-state index in [4.69, 9.17) is 4.74 Å². The third-order valence-electron chi connectivity index (χ3n) is 2.98. The van der Waals surface area contributed by atoms with Gasteiger partial charge in [-0.1, -0.05) is 30.3 Å². The van der Waals surface area contributed by atoms with Crippen molar-refractivity contribution >= 4 is 5.69 Å². The maximum Gasteiger partial charge on any atom is 0.119 e. The zero-order valence-corrected chi connectivity index (χ0v) is 11.4. The number of rotatable bonds is 7. The summed E-state index contributed by atoms with van der Waals surface area (Å²) in [5, 5.41) is 3.43. The second-order valence-electron chi connectivity index (χ2n) is 4.47. The van der Waals surface area contributed by atoms with Crippen LogP contribution in [-0.4, -0.2) is 13.2 Å². The topological polar surface area (TPSA) is 21.3 Å². The number of anilines is 1. The second kappa shape index (κ2) is 7.47. The molecule has 0 aliphatic carbocycles. The molecule has 0 bridgehead atoms. The van der Waals surface area contributed by atoms with Crippen LogP contribution in [0.4, 0.5) is 5.69 Å². The summed E-state index contributed by atoms with van der Waals surface area (Å²) in [5.41, 5.74) is 2.55. The molecule has 0 saturated heterocycles.